The molecule has 9 nitrogen and oxygen atoms in total. The number of nitrogens with one attached hydrogen (secondary N) is 2. The number of quaternary nitrogens is 1. The van der Waals surface area contributed by atoms with Crippen LogP contribution in [-0.4, -0.2) is 73.6 Å². The first-order valence-corrected chi connectivity index (χ1v) is 16.2. The number of hydrogen-bond donors (Lipinski definition) is 2. The average molecular weight is 622 g/mol. The Bertz CT molecular complexity index is 1380. The number of carbonyl (C=O) groups excluding carboxylic acids is 2. The molecule has 13 heteroatoms. The number of rotatable bonds is 6. The maximum absolute atomic E-state index is 13.0. The van der Waals surface area contributed by atoms with Gasteiger partial charge in [-0.15, -0.1) is 0 Å². The zero-order valence-electron chi connectivity index (χ0n) is 22.1. The van der Waals surface area contributed by atoms with Crippen LogP contribution in [0.25, 0.3) is 0 Å². The molecular weight excluding hydrogens is 589 g/mol. The van der Waals surface area contributed by atoms with E-state index in [9.17, 15) is 9.59 Å². The molecule has 6 rings (SSSR count). The van der Waals surface area contributed by atoms with E-state index in [2.05, 4.69) is 36.9 Å². The number of halogens is 2. The van der Waals surface area contributed by atoms with Gasteiger partial charge in [0, 0.05) is 30.7 Å². The lowest BCUT2D eigenvalue weighted by Gasteiger charge is -2.49. The van der Waals surface area contributed by atoms with E-state index in [1.165, 1.54) is 54.6 Å². The molecule has 0 bridgehead atoms. The number of thiazole rings is 1. The lowest BCUT2D eigenvalue weighted by molar-refractivity contribution is -0.120. The Morgan fingerprint density at radius 3 is 2.55 bits per heavy atom. The summed E-state index contributed by atoms with van der Waals surface area (Å²) in [5, 5.41) is 11.9. The summed E-state index contributed by atoms with van der Waals surface area (Å²) in [6, 6.07) is 4.42. The van der Waals surface area contributed by atoms with Crippen molar-refractivity contribution in [2.24, 2.45) is 0 Å². The van der Waals surface area contributed by atoms with Crippen molar-refractivity contribution in [3.05, 3.63) is 45.5 Å². The minimum absolute atomic E-state index is 0.0752. The molecular formula is C27H32Cl2N7O2S2+. The van der Waals surface area contributed by atoms with Gasteiger partial charge >= 0.3 is 0 Å². The van der Waals surface area contributed by atoms with E-state index in [0.29, 0.717) is 40.7 Å². The van der Waals surface area contributed by atoms with Gasteiger partial charge in [-0.05, 0) is 31.7 Å². The summed E-state index contributed by atoms with van der Waals surface area (Å²) < 4.78 is 1.03. The Kier molecular flexibility index (Phi) is 8.18. The highest BCUT2D eigenvalue weighted by molar-refractivity contribution is 7.19. The summed E-state index contributed by atoms with van der Waals surface area (Å²) in [5.41, 5.74) is 0.342. The third kappa shape index (κ3) is 5.67. The van der Waals surface area contributed by atoms with Crippen molar-refractivity contribution in [1.82, 2.24) is 19.8 Å². The second kappa shape index (κ2) is 11.8. The summed E-state index contributed by atoms with van der Waals surface area (Å²) in [7, 11) is 0. The summed E-state index contributed by atoms with van der Waals surface area (Å²) in [4.78, 5) is 37.7. The second-order valence-electron chi connectivity index (χ2n) is 10.6. The predicted molar refractivity (Wildman–Crippen MR) is 164 cm³/mol. The van der Waals surface area contributed by atoms with Crippen LogP contribution in [0.4, 0.5) is 21.0 Å². The third-order valence-corrected chi connectivity index (χ3v) is 10.9. The van der Waals surface area contributed by atoms with Gasteiger partial charge in [-0.2, -0.15) is 0 Å². The smallest absolute Gasteiger partial charge is 0.259 e. The Labute approximate surface area is 251 Å². The quantitative estimate of drug-likeness (QED) is 0.366. The van der Waals surface area contributed by atoms with Gasteiger partial charge in [0.25, 0.3) is 5.91 Å². The minimum atomic E-state index is -0.320. The first kappa shape index (κ1) is 27.7. The molecule has 2 aliphatic heterocycles. The fourth-order valence-corrected chi connectivity index (χ4v) is 8.65. The van der Waals surface area contributed by atoms with Crippen molar-refractivity contribution in [1.29, 1.82) is 0 Å². The van der Waals surface area contributed by atoms with E-state index in [4.69, 9.17) is 23.2 Å². The van der Waals surface area contributed by atoms with Crippen molar-refractivity contribution in [3.8, 4) is 0 Å². The van der Waals surface area contributed by atoms with E-state index in [1.54, 1.807) is 17.4 Å². The van der Waals surface area contributed by atoms with E-state index in [0.717, 1.165) is 40.7 Å². The number of aromatic nitrogens is 2. The second-order valence-corrected chi connectivity index (χ2v) is 13.4. The van der Waals surface area contributed by atoms with Gasteiger partial charge in [-0.1, -0.05) is 52.3 Å². The van der Waals surface area contributed by atoms with Gasteiger partial charge in [0.1, 0.15) is 23.9 Å². The Balaban J connectivity index is 1.10. The highest BCUT2D eigenvalue weighted by Crippen LogP contribution is 2.41. The summed E-state index contributed by atoms with van der Waals surface area (Å²) in [6.07, 6.45) is 9.85. The van der Waals surface area contributed by atoms with Gasteiger partial charge in [0.05, 0.1) is 47.5 Å². The molecule has 0 radical (unpaired) electrons. The van der Waals surface area contributed by atoms with Gasteiger partial charge in [0.2, 0.25) is 5.91 Å². The number of piperazine rings is 2. The first-order chi connectivity index (χ1) is 19.4. The van der Waals surface area contributed by atoms with Crippen LogP contribution >= 0.6 is 45.9 Å². The highest BCUT2D eigenvalue weighted by atomic mass is 35.5. The third-order valence-electron chi connectivity index (χ3n) is 8.25. The van der Waals surface area contributed by atoms with E-state index < -0.39 is 0 Å². The fourth-order valence-electron chi connectivity index (χ4n) is 6.17. The topological polar surface area (TPSA) is 90.5 Å². The molecule has 0 atom stereocenters. The van der Waals surface area contributed by atoms with Crippen molar-refractivity contribution < 1.29 is 9.59 Å². The van der Waals surface area contributed by atoms with Crippen molar-refractivity contribution in [3.63, 3.8) is 0 Å². The van der Waals surface area contributed by atoms with Crippen molar-refractivity contribution >= 4 is 78.6 Å². The molecule has 3 fully saturated rings. The number of pyridine rings is 1. The van der Waals surface area contributed by atoms with Crippen LogP contribution < -0.4 is 24.9 Å². The molecule has 3 aromatic rings. The molecule has 40 heavy (non-hydrogen) atoms. The SMILES string of the molecule is O=C1CN(c2ncc(C(=O)Nc3ncc(N4CC[N+](c5cc(Cl)cs5)(C5CCCCC5)CC4)s3)cc2Cl)CCN1. The maximum atomic E-state index is 13.0. The summed E-state index contributed by atoms with van der Waals surface area (Å²) >= 11 is 16.1. The van der Waals surface area contributed by atoms with Gasteiger partial charge in [-0.3, -0.25) is 19.4 Å². The monoisotopic (exact) mass is 620 g/mol. The number of thiophene rings is 1. The number of carbonyl (C=O) groups is 2. The molecule has 2 amide bonds. The average Bonchev–Trinajstić information content (AvgIpc) is 3.63. The molecule has 0 aromatic carbocycles. The van der Waals surface area contributed by atoms with Crippen LogP contribution in [-0.2, 0) is 4.79 Å². The number of nitrogens with zero attached hydrogens (tertiary/aromatic N) is 5. The Morgan fingerprint density at radius 2 is 1.85 bits per heavy atom. The molecule has 1 saturated carbocycles. The molecule has 2 N–H and O–H groups in total. The van der Waals surface area contributed by atoms with Crippen LogP contribution in [0.5, 0.6) is 0 Å². The van der Waals surface area contributed by atoms with Crippen molar-refractivity contribution in [2.75, 3.05) is 60.9 Å². The molecule has 212 valence electrons. The number of amides is 2. The van der Waals surface area contributed by atoms with Crippen molar-refractivity contribution in [2.45, 2.75) is 38.1 Å². The molecule has 0 unspecified atom stereocenters. The zero-order chi connectivity index (χ0) is 27.7. The maximum Gasteiger partial charge on any atom is 0.259 e. The van der Waals surface area contributed by atoms with Crippen LogP contribution in [0.1, 0.15) is 42.5 Å². The zero-order valence-corrected chi connectivity index (χ0v) is 25.2. The summed E-state index contributed by atoms with van der Waals surface area (Å²) in [6.45, 7) is 5.27. The van der Waals surface area contributed by atoms with Gasteiger partial charge < -0.3 is 15.1 Å². The largest absolute Gasteiger partial charge is 0.353 e. The van der Waals surface area contributed by atoms with Gasteiger partial charge in [0.15, 0.2) is 10.1 Å². The molecule has 3 aliphatic rings. The van der Waals surface area contributed by atoms with E-state index in [-0.39, 0.29) is 18.4 Å². The molecule has 3 aromatic heterocycles. The van der Waals surface area contributed by atoms with Crippen LogP contribution in [0.15, 0.2) is 29.9 Å². The Morgan fingerprint density at radius 1 is 1.05 bits per heavy atom. The summed E-state index contributed by atoms with van der Waals surface area (Å²) in [5.74, 6) is 0.107. The van der Waals surface area contributed by atoms with E-state index >= 15 is 0 Å². The highest BCUT2D eigenvalue weighted by Gasteiger charge is 2.43. The van der Waals surface area contributed by atoms with Gasteiger partial charge in [-0.25, -0.2) is 9.97 Å². The fraction of sp³-hybridized carbons (Fsp3) is 0.481. The standard InChI is InChI=1S/C27H31Cl2N7O2S2/c28-19-13-24(39-17-19)36(20-4-2-1-3-5-20)10-8-34(9-11-36)23-15-32-27(40-23)33-26(38)18-12-21(29)25(31-14-18)35-7-6-30-22(37)16-35/h12-15,17,20H,1-11,16H2,(H-,30,32,33,37,38)/p+1. The molecule has 0 spiro atoms. The van der Waals surface area contributed by atoms with Crippen LogP contribution in [0.3, 0.4) is 0 Å². The van der Waals surface area contributed by atoms with E-state index in [1.807, 2.05) is 11.1 Å². The minimum Gasteiger partial charge on any atom is -0.353 e. The number of anilines is 3. The number of hydrogen-bond acceptors (Lipinski definition) is 8. The lowest BCUT2D eigenvalue weighted by atomic mass is 9.91. The Hall–Kier alpha value is -2.44. The molecule has 1 aliphatic carbocycles. The normalized spacial score (nSPS) is 19.9. The van der Waals surface area contributed by atoms with Crippen LogP contribution in [0, 0.1) is 0 Å². The lowest BCUT2D eigenvalue weighted by Crippen LogP contribution is -2.65. The first-order valence-electron chi connectivity index (χ1n) is 13.7. The molecule has 5 heterocycles. The molecule has 2 saturated heterocycles. The van der Waals surface area contributed by atoms with Crippen LogP contribution in [0.2, 0.25) is 10.0 Å². The predicted octanol–water partition coefficient (Wildman–Crippen LogP) is 5.26.